The van der Waals surface area contributed by atoms with Gasteiger partial charge in [0.15, 0.2) is 17.3 Å². The number of ether oxygens (including phenoxy) is 3. The molecule has 1 aromatic carbocycles. The lowest BCUT2D eigenvalue weighted by Crippen LogP contribution is -2.10. The molecule has 0 bridgehead atoms. The second-order valence-corrected chi connectivity index (χ2v) is 6.12. The maximum Gasteiger partial charge on any atom is 0.226 e. The van der Waals surface area contributed by atoms with Gasteiger partial charge < -0.3 is 14.2 Å². The number of aryl methyl sites for hydroxylation is 1. The fraction of sp³-hybridized carbons (Fsp3) is 0.294. The molecule has 1 aromatic heterocycles. The number of hydrogen-bond donors (Lipinski definition) is 0. The van der Waals surface area contributed by atoms with E-state index in [4.69, 9.17) is 25.8 Å². The zero-order chi connectivity index (χ0) is 17.9. The Morgan fingerprint density at radius 3 is 2.46 bits per heavy atom. The molecule has 1 heterocycles. The first kappa shape index (κ1) is 18.5. The summed E-state index contributed by atoms with van der Waals surface area (Å²) in [4.78, 5) is 17.2. The molecule has 128 valence electrons. The van der Waals surface area contributed by atoms with Crippen LogP contribution < -0.4 is 14.2 Å². The molecule has 0 saturated heterocycles. The Morgan fingerprint density at radius 2 is 1.88 bits per heavy atom. The van der Waals surface area contributed by atoms with Crippen LogP contribution in [-0.2, 0) is 0 Å². The van der Waals surface area contributed by atoms with E-state index < -0.39 is 0 Å². The second kappa shape index (κ2) is 7.85. The molecule has 2 aromatic rings. The summed E-state index contributed by atoms with van der Waals surface area (Å²) in [6.45, 7) is 4.00. The van der Waals surface area contributed by atoms with Crippen LogP contribution in [0.4, 0.5) is 0 Å². The van der Waals surface area contributed by atoms with Gasteiger partial charge in [0.2, 0.25) is 5.88 Å². The highest BCUT2D eigenvalue weighted by atomic mass is 79.9. The molecule has 2 rings (SSSR count). The number of pyridine rings is 1. The van der Waals surface area contributed by atoms with Crippen molar-refractivity contribution in [2.45, 2.75) is 13.8 Å². The first-order valence-corrected chi connectivity index (χ1v) is 8.35. The SMILES string of the molecule is CCOc1ncc(Br)c(Cl)c1C(=O)c1cc(OC)c(OC)cc1C. The van der Waals surface area contributed by atoms with Gasteiger partial charge in [-0.1, -0.05) is 11.6 Å². The van der Waals surface area contributed by atoms with Gasteiger partial charge in [0, 0.05) is 11.8 Å². The molecule has 0 unspecified atom stereocenters. The smallest absolute Gasteiger partial charge is 0.226 e. The summed E-state index contributed by atoms with van der Waals surface area (Å²) < 4.78 is 16.5. The molecule has 0 saturated carbocycles. The Labute approximate surface area is 154 Å². The summed E-state index contributed by atoms with van der Waals surface area (Å²) in [5, 5.41) is 0.257. The number of ketones is 1. The molecule has 0 radical (unpaired) electrons. The first-order valence-electron chi connectivity index (χ1n) is 7.18. The summed E-state index contributed by atoms with van der Waals surface area (Å²) >= 11 is 9.61. The zero-order valence-corrected chi connectivity index (χ0v) is 16.1. The fourth-order valence-electron chi connectivity index (χ4n) is 2.25. The second-order valence-electron chi connectivity index (χ2n) is 4.88. The number of hydrogen-bond acceptors (Lipinski definition) is 5. The number of benzene rings is 1. The Hall–Kier alpha value is -1.79. The minimum absolute atomic E-state index is 0.199. The molecule has 0 aliphatic heterocycles. The Kier molecular flexibility index (Phi) is 6.07. The molecule has 0 amide bonds. The van der Waals surface area contributed by atoms with Crippen LogP contribution in [0.5, 0.6) is 17.4 Å². The third-order valence-electron chi connectivity index (χ3n) is 3.42. The molecule has 0 spiro atoms. The number of nitrogens with zero attached hydrogens (tertiary/aromatic N) is 1. The van der Waals surface area contributed by atoms with Crippen LogP contribution >= 0.6 is 27.5 Å². The maximum absolute atomic E-state index is 13.1. The lowest BCUT2D eigenvalue weighted by atomic mass is 9.99. The highest BCUT2D eigenvalue weighted by molar-refractivity contribution is 9.10. The lowest BCUT2D eigenvalue weighted by molar-refractivity contribution is 0.103. The Bertz CT molecular complexity index is 780. The van der Waals surface area contributed by atoms with Crippen molar-refractivity contribution in [3.05, 3.63) is 44.5 Å². The van der Waals surface area contributed by atoms with E-state index in [9.17, 15) is 4.79 Å². The predicted octanol–water partition coefficient (Wildman–Crippen LogP) is 4.45. The molecule has 0 aliphatic carbocycles. The van der Waals surface area contributed by atoms with Gasteiger partial charge in [0.05, 0.1) is 30.3 Å². The minimum Gasteiger partial charge on any atom is -0.493 e. The van der Waals surface area contributed by atoms with Crippen molar-refractivity contribution >= 4 is 33.3 Å². The molecule has 0 atom stereocenters. The van der Waals surface area contributed by atoms with Crippen LogP contribution in [0, 0.1) is 6.92 Å². The molecule has 0 N–H and O–H groups in total. The van der Waals surface area contributed by atoms with E-state index in [0.29, 0.717) is 28.1 Å². The summed E-state index contributed by atoms with van der Waals surface area (Å²) in [7, 11) is 3.06. The van der Waals surface area contributed by atoms with Crippen LogP contribution in [0.15, 0.2) is 22.8 Å². The summed E-state index contributed by atoms with van der Waals surface area (Å²) in [5.41, 5.74) is 1.38. The van der Waals surface area contributed by atoms with Crippen LogP contribution in [0.2, 0.25) is 5.02 Å². The summed E-state index contributed by atoms with van der Waals surface area (Å²) in [5.74, 6) is 0.916. The van der Waals surface area contributed by atoms with E-state index in [1.807, 2.05) is 13.8 Å². The molecular weight excluding hydrogens is 398 g/mol. The third-order valence-corrected chi connectivity index (χ3v) is 4.64. The van der Waals surface area contributed by atoms with Crippen LogP contribution in [0.25, 0.3) is 0 Å². The average Bonchev–Trinajstić information content (AvgIpc) is 2.57. The largest absolute Gasteiger partial charge is 0.493 e. The summed E-state index contributed by atoms with van der Waals surface area (Å²) in [6, 6.07) is 3.37. The van der Waals surface area contributed by atoms with E-state index in [1.165, 1.54) is 13.3 Å². The topological polar surface area (TPSA) is 57.7 Å². The van der Waals surface area contributed by atoms with E-state index in [2.05, 4.69) is 20.9 Å². The number of rotatable bonds is 6. The standard InChI is InChI=1S/C17H17BrClNO4/c1-5-24-17-14(15(19)11(18)8-20-17)16(21)10-7-13(23-4)12(22-3)6-9(10)2/h6-8H,5H2,1-4H3. The van der Waals surface area contributed by atoms with E-state index in [0.717, 1.165) is 5.56 Å². The van der Waals surface area contributed by atoms with Crippen molar-refractivity contribution in [2.75, 3.05) is 20.8 Å². The monoisotopic (exact) mass is 413 g/mol. The van der Waals surface area contributed by atoms with Crippen molar-refractivity contribution in [1.29, 1.82) is 0 Å². The van der Waals surface area contributed by atoms with Crippen LogP contribution in [0.3, 0.4) is 0 Å². The number of aromatic nitrogens is 1. The van der Waals surface area contributed by atoms with Gasteiger partial charge >= 0.3 is 0 Å². The minimum atomic E-state index is -0.296. The quantitative estimate of drug-likeness (QED) is 0.654. The highest BCUT2D eigenvalue weighted by Crippen LogP contribution is 2.36. The number of carbonyl (C=O) groups is 1. The van der Waals surface area contributed by atoms with E-state index >= 15 is 0 Å². The maximum atomic E-state index is 13.1. The number of methoxy groups -OCH3 is 2. The Morgan fingerprint density at radius 1 is 1.25 bits per heavy atom. The first-order chi connectivity index (χ1) is 11.4. The molecular formula is C17H17BrClNO4. The predicted molar refractivity (Wildman–Crippen MR) is 95.8 cm³/mol. The van der Waals surface area contributed by atoms with Crippen molar-refractivity contribution in [3.63, 3.8) is 0 Å². The molecule has 5 nitrogen and oxygen atoms in total. The van der Waals surface area contributed by atoms with E-state index in [-0.39, 0.29) is 22.2 Å². The normalized spacial score (nSPS) is 10.4. The van der Waals surface area contributed by atoms with Gasteiger partial charge in [-0.2, -0.15) is 0 Å². The zero-order valence-electron chi connectivity index (χ0n) is 13.8. The van der Waals surface area contributed by atoms with Crippen LogP contribution in [0.1, 0.15) is 28.4 Å². The average molecular weight is 415 g/mol. The van der Waals surface area contributed by atoms with Crippen LogP contribution in [-0.4, -0.2) is 31.6 Å². The molecule has 0 aliphatic rings. The number of carbonyl (C=O) groups excluding carboxylic acids is 1. The van der Waals surface area contributed by atoms with Gasteiger partial charge in [-0.05, 0) is 47.5 Å². The molecule has 0 fully saturated rings. The van der Waals surface area contributed by atoms with E-state index in [1.54, 1.807) is 19.2 Å². The number of halogens is 2. The van der Waals surface area contributed by atoms with Gasteiger partial charge in [-0.3, -0.25) is 4.79 Å². The van der Waals surface area contributed by atoms with Crippen molar-refractivity contribution < 1.29 is 19.0 Å². The van der Waals surface area contributed by atoms with Gasteiger partial charge in [-0.25, -0.2) is 4.98 Å². The van der Waals surface area contributed by atoms with Crippen molar-refractivity contribution in [2.24, 2.45) is 0 Å². The molecule has 24 heavy (non-hydrogen) atoms. The Balaban J connectivity index is 2.63. The summed E-state index contributed by atoms with van der Waals surface area (Å²) in [6.07, 6.45) is 1.51. The molecule has 7 heteroatoms. The van der Waals surface area contributed by atoms with Gasteiger partial charge in [0.1, 0.15) is 5.56 Å². The van der Waals surface area contributed by atoms with Crippen molar-refractivity contribution in [1.82, 2.24) is 4.98 Å². The van der Waals surface area contributed by atoms with Gasteiger partial charge in [0.25, 0.3) is 0 Å². The fourth-order valence-corrected chi connectivity index (χ4v) is 2.77. The van der Waals surface area contributed by atoms with Crippen molar-refractivity contribution in [3.8, 4) is 17.4 Å². The lowest BCUT2D eigenvalue weighted by Gasteiger charge is -2.15. The third kappa shape index (κ3) is 3.49. The highest BCUT2D eigenvalue weighted by Gasteiger charge is 2.24. The van der Waals surface area contributed by atoms with Gasteiger partial charge in [-0.15, -0.1) is 0 Å².